The molecule has 1 aliphatic carbocycles. The third-order valence-corrected chi connectivity index (χ3v) is 6.25. The second-order valence-electron chi connectivity index (χ2n) is 7.43. The summed E-state index contributed by atoms with van der Waals surface area (Å²) in [5, 5.41) is 5.94. The first-order valence-corrected chi connectivity index (χ1v) is 9.63. The van der Waals surface area contributed by atoms with Gasteiger partial charge in [0.15, 0.2) is 0 Å². The molecule has 0 fully saturated rings. The molecule has 0 saturated heterocycles. The second kappa shape index (κ2) is 6.28. The van der Waals surface area contributed by atoms with Gasteiger partial charge in [-0.15, -0.1) is 0 Å². The lowest BCUT2D eigenvalue weighted by Crippen LogP contribution is -2.31. The molecular weight excluding hydrogens is 383 g/mol. The largest absolute Gasteiger partial charge is 0.416 e. The molecule has 3 aromatic carbocycles. The predicted molar refractivity (Wildman–Crippen MR) is 107 cm³/mol. The standard InChI is InChI=1S/C23H17ClF3N/c24-19-12-11-18(23(25,26)27)20-15-8-4-10-17(15)21(28-22(19)20)16-9-3-6-13-5-1-2-7-14(13)16/h1-9,11-12,15,17,21,28H,10H2/t15-,17+,21+/m1/s1. The van der Waals surface area contributed by atoms with Crippen molar-refractivity contribution < 1.29 is 13.2 Å². The van der Waals surface area contributed by atoms with Crippen LogP contribution >= 0.6 is 11.6 Å². The van der Waals surface area contributed by atoms with E-state index in [0.717, 1.165) is 28.8 Å². The van der Waals surface area contributed by atoms with E-state index in [4.69, 9.17) is 11.6 Å². The number of allylic oxidation sites excluding steroid dienone is 2. The van der Waals surface area contributed by atoms with Gasteiger partial charge in [0.05, 0.1) is 22.3 Å². The van der Waals surface area contributed by atoms with Gasteiger partial charge in [0.1, 0.15) is 0 Å². The molecule has 1 N–H and O–H groups in total. The average Bonchev–Trinajstić information content (AvgIpc) is 3.16. The molecular formula is C23H17ClF3N. The molecule has 0 amide bonds. The Balaban J connectivity index is 1.72. The zero-order chi connectivity index (χ0) is 19.5. The highest BCUT2D eigenvalue weighted by atomic mass is 35.5. The smallest absolute Gasteiger partial charge is 0.376 e. The summed E-state index contributed by atoms with van der Waals surface area (Å²) in [7, 11) is 0. The van der Waals surface area contributed by atoms with Crippen molar-refractivity contribution in [3.8, 4) is 0 Å². The molecule has 142 valence electrons. The van der Waals surface area contributed by atoms with E-state index in [1.807, 2.05) is 30.4 Å². The number of halogens is 4. The summed E-state index contributed by atoms with van der Waals surface area (Å²) in [5.74, 6) is -0.298. The number of rotatable bonds is 1. The van der Waals surface area contributed by atoms with Crippen LogP contribution in [0.25, 0.3) is 10.8 Å². The quantitative estimate of drug-likeness (QED) is 0.422. The predicted octanol–water partition coefficient (Wildman–Crippen LogP) is 7.34. The summed E-state index contributed by atoms with van der Waals surface area (Å²) >= 11 is 6.37. The Labute approximate surface area is 165 Å². The van der Waals surface area contributed by atoms with Crippen LogP contribution < -0.4 is 5.32 Å². The molecule has 0 saturated carbocycles. The molecule has 28 heavy (non-hydrogen) atoms. The van der Waals surface area contributed by atoms with E-state index in [0.29, 0.717) is 10.7 Å². The van der Waals surface area contributed by atoms with Crippen LogP contribution in [0.15, 0.2) is 66.7 Å². The van der Waals surface area contributed by atoms with Gasteiger partial charge >= 0.3 is 6.18 Å². The third-order valence-electron chi connectivity index (χ3n) is 5.93. The molecule has 0 spiro atoms. The number of benzene rings is 3. The van der Waals surface area contributed by atoms with Gasteiger partial charge in [-0.25, -0.2) is 0 Å². The Morgan fingerprint density at radius 1 is 0.964 bits per heavy atom. The highest BCUT2D eigenvalue weighted by Crippen LogP contribution is 2.55. The van der Waals surface area contributed by atoms with E-state index in [9.17, 15) is 13.2 Å². The number of fused-ring (bicyclic) bond motifs is 4. The lowest BCUT2D eigenvalue weighted by atomic mass is 9.74. The fourth-order valence-electron chi connectivity index (χ4n) is 4.75. The summed E-state index contributed by atoms with van der Waals surface area (Å²) in [6.45, 7) is 0. The maximum atomic E-state index is 13.7. The number of alkyl halides is 3. The fraction of sp³-hybridized carbons (Fsp3) is 0.217. The van der Waals surface area contributed by atoms with Gasteiger partial charge in [-0.2, -0.15) is 13.2 Å². The summed E-state index contributed by atoms with van der Waals surface area (Å²) in [6, 6.07) is 16.5. The highest BCUT2D eigenvalue weighted by molar-refractivity contribution is 6.33. The zero-order valence-electron chi connectivity index (χ0n) is 14.8. The van der Waals surface area contributed by atoms with Crippen molar-refractivity contribution >= 4 is 28.1 Å². The molecule has 2 aliphatic rings. The molecule has 0 unspecified atom stereocenters. The first-order chi connectivity index (χ1) is 13.4. The molecule has 5 rings (SSSR count). The summed E-state index contributed by atoms with van der Waals surface area (Å²) < 4.78 is 41.1. The molecule has 0 bridgehead atoms. The van der Waals surface area contributed by atoms with Gasteiger partial charge < -0.3 is 5.32 Å². The van der Waals surface area contributed by atoms with Crippen molar-refractivity contribution in [2.75, 3.05) is 5.32 Å². The lowest BCUT2D eigenvalue weighted by Gasteiger charge is -2.39. The minimum atomic E-state index is -4.41. The van der Waals surface area contributed by atoms with Crippen molar-refractivity contribution in [1.82, 2.24) is 0 Å². The molecule has 5 heteroatoms. The Hall–Kier alpha value is -2.46. The normalized spacial score (nSPS) is 23.4. The van der Waals surface area contributed by atoms with E-state index < -0.39 is 11.7 Å². The molecule has 1 aliphatic heterocycles. The van der Waals surface area contributed by atoms with Crippen LogP contribution in [-0.4, -0.2) is 0 Å². The Bertz CT molecular complexity index is 1100. The number of nitrogens with one attached hydrogen (secondary N) is 1. The minimum Gasteiger partial charge on any atom is -0.376 e. The topological polar surface area (TPSA) is 12.0 Å². The zero-order valence-corrected chi connectivity index (χ0v) is 15.6. The summed E-state index contributed by atoms with van der Waals surface area (Å²) in [6.07, 6.45) is 0.220. The SMILES string of the molecule is FC(F)(F)c1ccc(Cl)c2c1[C@@H]1C=CC[C@@H]1[C@H](c1cccc3ccccc13)N2. The third kappa shape index (κ3) is 2.62. The van der Waals surface area contributed by atoms with Gasteiger partial charge in [-0.1, -0.05) is 66.2 Å². The van der Waals surface area contributed by atoms with Crippen LogP contribution in [0.5, 0.6) is 0 Å². The van der Waals surface area contributed by atoms with E-state index in [2.05, 4.69) is 29.6 Å². The molecule has 1 heterocycles. The Morgan fingerprint density at radius 2 is 1.75 bits per heavy atom. The summed E-state index contributed by atoms with van der Waals surface area (Å²) in [5.41, 5.74) is 1.17. The first-order valence-electron chi connectivity index (χ1n) is 9.25. The van der Waals surface area contributed by atoms with E-state index in [-0.39, 0.29) is 23.4 Å². The van der Waals surface area contributed by atoms with Crippen molar-refractivity contribution in [2.24, 2.45) is 5.92 Å². The Morgan fingerprint density at radius 3 is 2.57 bits per heavy atom. The molecule has 3 aromatic rings. The van der Waals surface area contributed by atoms with Crippen LogP contribution in [0, 0.1) is 5.92 Å². The molecule has 3 atom stereocenters. The van der Waals surface area contributed by atoms with Crippen LogP contribution in [0.1, 0.15) is 35.1 Å². The minimum absolute atomic E-state index is 0.0119. The van der Waals surface area contributed by atoms with Crippen LogP contribution in [0.4, 0.5) is 18.9 Å². The van der Waals surface area contributed by atoms with Crippen molar-refractivity contribution in [1.29, 1.82) is 0 Å². The van der Waals surface area contributed by atoms with E-state index in [1.165, 1.54) is 6.07 Å². The number of anilines is 1. The van der Waals surface area contributed by atoms with E-state index >= 15 is 0 Å². The molecule has 0 aromatic heterocycles. The lowest BCUT2D eigenvalue weighted by molar-refractivity contribution is -0.138. The Kier molecular flexibility index (Phi) is 3.95. The molecule has 0 radical (unpaired) electrons. The number of hydrogen-bond acceptors (Lipinski definition) is 1. The van der Waals surface area contributed by atoms with Gasteiger partial charge in [-0.3, -0.25) is 0 Å². The highest BCUT2D eigenvalue weighted by Gasteiger charge is 2.45. The molecule has 1 nitrogen and oxygen atoms in total. The average molecular weight is 400 g/mol. The summed E-state index contributed by atoms with van der Waals surface area (Å²) in [4.78, 5) is 0. The van der Waals surface area contributed by atoms with Gasteiger partial charge in [0, 0.05) is 5.92 Å². The van der Waals surface area contributed by atoms with Crippen molar-refractivity contribution in [2.45, 2.75) is 24.6 Å². The van der Waals surface area contributed by atoms with Crippen LogP contribution in [-0.2, 0) is 6.18 Å². The van der Waals surface area contributed by atoms with Gasteiger partial charge in [-0.05, 0) is 46.4 Å². The number of hydrogen-bond donors (Lipinski definition) is 1. The van der Waals surface area contributed by atoms with E-state index in [1.54, 1.807) is 0 Å². The van der Waals surface area contributed by atoms with Crippen LogP contribution in [0.2, 0.25) is 5.02 Å². The first kappa shape index (κ1) is 17.6. The maximum absolute atomic E-state index is 13.7. The second-order valence-corrected chi connectivity index (χ2v) is 7.83. The fourth-order valence-corrected chi connectivity index (χ4v) is 4.97. The van der Waals surface area contributed by atoms with Gasteiger partial charge in [0.2, 0.25) is 0 Å². The monoisotopic (exact) mass is 399 g/mol. The van der Waals surface area contributed by atoms with Crippen molar-refractivity contribution in [3.63, 3.8) is 0 Å². The van der Waals surface area contributed by atoms with Crippen LogP contribution in [0.3, 0.4) is 0 Å². The van der Waals surface area contributed by atoms with Crippen molar-refractivity contribution in [3.05, 3.63) is 88.5 Å². The maximum Gasteiger partial charge on any atom is 0.416 e. The van der Waals surface area contributed by atoms with Gasteiger partial charge in [0.25, 0.3) is 0 Å².